The maximum absolute atomic E-state index is 11.9. The molecule has 2 rings (SSSR count). The summed E-state index contributed by atoms with van der Waals surface area (Å²) in [7, 11) is 0. The minimum atomic E-state index is -0.323. The quantitative estimate of drug-likeness (QED) is 0.360. The molecule has 0 spiro atoms. The van der Waals surface area contributed by atoms with Crippen molar-refractivity contribution < 1.29 is 4.42 Å². The van der Waals surface area contributed by atoms with Crippen molar-refractivity contribution in [3.63, 3.8) is 0 Å². The Morgan fingerprint density at radius 1 is 1.33 bits per heavy atom. The fourth-order valence-electron chi connectivity index (χ4n) is 2.68. The van der Waals surface area contributed by atoms with Crippen molar-refractivity contribution in [1.82, 2.24) is 0 Å². The van der Waals surface area contributed by atoms with Crippen LogP contribution < -0.4 is 11.4 Å². The topological polar surface area (TPSA) is 68.6 Å². The molecular formula is C19H26N2O2S. The van der Waals surface area contributed by atoms with Crippen LogP contribution in [0.3, 0.4) is 0 Å². The van der Waals surface area contributed by atoms with Gasteiger partial charge >= 0.3 is 5.63 Å². The van der Waals surface area contributed by atoms with Crippen molar-refractivity contribution in [1.29, 1.82) is 0 Å². The van der Waals surface area contributed by atoms with Crippen LogP contribution >= 0.6 is 11.8 Å². The van der Waals surface area contributed by atoms with Gasteiger partial charge in [-0.25, -0.2) is 4.79 Å². The van der Waals surface area contributed by atoms with Crippen LogP contribution in [0.1, 0.15) is 56.2 Å². The molecule has 0 radical (unpaired) electrons. The summed E-state index contributed by atoms with van der Waals surface area (Å²) in [5.41, 5.74) is 9.64. The largest absolute Gasteiger partial charge is 0.423 e. The molecule has 4 nitrogen and oxygen atoms in total. The van der Waals surface area contributed by atoms with E-state index in [1.165, 1.54) is 17.3 Å². The SMILES string of the molecule is CCCCN=C(N)SCc1cc(=O)oc2cc(C)c(C(C)C)cc12. The second-order valence-electron chi connectivity index (χ2n) is 6.31. The molecule has 2 aromatic rings. The van der Waals surface area contributed by atoms with Gasteiger partial charge in [-0.2, -0.15) is 0 Å². The summed E-state index contributed by atoms with van der Waals surface area (Å²) in [6, 6.07) is 5.66. The molecule has 24 heavy (non-hydrogen) atoms. The Labute approximate surface area is 147 Å². The Balaban J connectivity index is 2.33. The lowest BCUT2D eigenvalue weighted by molar-refractivity contribution is 0.559. The van der Waals surface area contributed by atoms with Crippen molar-refractivity contribution in [2.75, 3.05) is 6.54 Å². The summed E-state index contributed by atoms with van der Waals surface area (Å²) < 4.78 is 5.38. The van der Waals surface area contributed by atoms with Crippen molar-refractivity contribution in [2.45, 2.75) is 52.2 Å². The third-order valence-corrected chi connectivity index (χ3v) is 4.87. The lowest BCUT2D eigenvalue weighted by Gasteiger charge is -2.13. The Morgan fingerprint density at radius 2 is 2.08 bits per heavy atom. The summed E-state index contributed by atoms with van der Waals surface area (Å²) in [6.07, 6.45) is 2.14. The van der Waals surface area contributed by atoms with Crippen LogP contribution in [0.15, 0.2) is 32.4 Å². The third kappa shape index (κ3) is 4.63. The minimum absolute atomic E-state index is 0.323. The van der Waals surface area contributed by atoms with E-state index >= 15 is 0 Å². The number of fused-ring (bicyclic) bond motifs is 1. The predicted molar refractivity (Wildman–Crippen MR) is 104 cm³/mol. The summed E-state index contributed by atoms with van der Waals surface area (Å²) in [4.78, 5) is 16.2. The van der Waals surface area contributed by atoms with E-state index in [1.807, 2.05) is 6.07 Å². The molecule has 130 valence electrons. The van der Waals surface area contributed by atoms with E-state index in [0.29, 0.717) is 22.4 Å². The highest BCUT2D eigenvalue weighted by molar-refractivity contribution is 8.13. The molecular weight excluding hydrogens is 320 g/mol. The molecule has 0 atom stereocenters. The average Bonchev–Trinajstić information content (AvgIpc) is 2.51. The maximum Gasteiger partial charge on any atom is 0.336 e. The fraction of sp³-hybridized carbons (Fsp3) is 0.474. The normalized spacial score (nSPS) is 12.3. The minimum Gasteiger partial charge on any atom is -0.423 e. The number of unbranched alkanes of at least 4 members (excludes halogenated alkanes) is 1. The van der Waals surface area contributed by atoms with Crippen molar-refractivity contribution in [3.05, 3.63) is 45.3 Å². The highest BCUT2D eigenvalue weighted by Crippen LogP contribution is 2.28. The third-order valence-electron chi connectivity index (χ3n) is 3.99. The molecule has 0 fully saturated rings. The molecule has 0 saturated carbocycles. The molecule has 0 aliphatic rings. The van der Waals surface area contributed by atoms with Crippen molar-refractivity contribution in [3.8, 4) is 0 Å². The van der Waals surface area contributed by atoms with Crippen molar-refractivity contribution in [2.24, 2.45) is 10.7 Å². The number of rotatable bonds is 6. The lowest BCUT2D eigenvalue weighted by atomic mass is 9.95. The number of nitrogens with two attached hydrogens (primary N) is 1. The molecule has 1 aromatic heterocycles. The highest BCUT2D eigenvalue weighted by atomic mass is 32.2. The smallest absolute Gasteiger partial charge is 0.336 e. The van der Waals surface area contributed by atoms with E-state index in [-0.39, 0.29) is 5.63 Å². The van der Waals surface area contributed by atoms with Gasteiger partial charge in [0.1, 0.15) is 5.58 Å². The van der Waals surface area contributed by atoms with Crippen LogP contribution in [0.2, 0.25) is 0 Å². The summed E-state index contributed by atoms with van der Waals surface area (Å²) in [5.74, 6) is 1.03. The second-order valence-corrected chi connectivity index (χ2v) is 7.31. The molecule has 0 amide bonds. The van der Waals surface area contributed by atoms with Gasteiger partial charge in [0.25, 0.3) is 0 Å². The van der Waals surface area contributed by atoms with E-state index in [4.69, 9.17) is 10.2 Å². The van der Waals surface area contributed by atoms with Gasteiger partial charge in [0.2, 0.25) is 0 Å². The van der Waals surface area contributed by atoms with Gasteiger partial charge < -0.3 is 10.2 Å². The molecule has 1 aromatic carbocycles. The van der Waals surface area contributed by atoms with E-state index < -0.39 is 0 Å². The number of amidine groups is 1. The monoisotopic (exact) mass is 346 g/mol. The standard InChI is InChI=1S/C19H26N2O2S/c1-5-6-7-21-19(20)24-11-14-9-18(22)23-17-8-13(4)15(12(2)3)10-16(14)17/h8-10,12H,5-7,11H2,1-4H3,(H2,20,21). The Morgan fingerprint density at radius 3 is 2.75 bits per heavy atom. The number of hydrogen-bond donors (Lipinski definition) is 1. The first-order valence-electron chi connectivity index (χ1n) is 8.42. The van der Waals surface area contributed by atoms with Gasteiger partial charge in [-0.15, -0.1) is 0 Å². The zero-order chi connectivity index (χ0) is 17.7. The van der Waals surface area contributed by atoms with Gasteiger partial charge in [-0.1, -0.05) is 39.0 Å². The summed E-state index contributed by atoms with van der Waals surface area (Å²) in [5, 5.41) is 1.55. The number of hydrogen-bond acceptors (Lipinski definition) is 4. The van der Waals surface area contributed by atoms with Gasteiger partial charge in [0.15, 0.2) is 5.17 Å². The number of aryl methyl sites for hydroxylation is 1. The van der Waals surface area contributed by atoms with Gasteiger partial charge in [0, 0.05) is 23.8 Å². The first-order chi connectivity index (χ1) is 11.4. The van der Waals surface area contributed by atoms with E-state index in [1.54, 1.807) is 6.07 Å². The van der Waals surface area contributed by atoms with Crippen LogP contribution in [-0.4, -0.2) is 11.7 Å². The zero-order valence-electron chi connectivity index (χ0n) is 14.9. The van der Waals surface area contributed by atoms with Crippen LogP contribution in [0.25, 0.3) is 11.0 Å². The van der Waals surface area contributed by atoms with Crippen LogP contribution in [0.5, 0.6) is 0 Å². The van der Waals surface area contributed by atoms with Crippen LogP contribution in [0.4, 0.5) is 0 Å². The molecule has 0 saturated heterocycles. The average molecular weight is 346 g/mol. The number of benzene rings is 1. The zero-order valence-corrected chi connectivity index (χ0v) is 15.7. The molecule has 0 aliphatic carbocycles. The van der Waals surface area contributed by atoms with Gasteiger partial charge in [-0.3, -0.25) is 4.99 Å². The number of aliphatic imine (C=N–C) groups is 1. The van der Waals surface area contributed by atoms with Gasteiger partial charge in [0.05, 0.1) is 0 Å². The molecule has 0 aliphatic heterocycles. The molecule has 1 heterocycles. The van der Waals surface area contributed by atoms with E-state index in [0.717, 1.165) is 35.9 Å². The Hall–Kier alpha value is -1.75. The van der Waals surface area contributed by atoms with Crippen LogP contribution in [-0.2, 0) is 5.75 Å². The lowest BCUT2D eigenvalue weighted by Crippen LogP contribution is -2.09. The van der Waals surface area contributed by atoms with Crippen LogP contribution in [0, 0.1) is 6.92 Å². The first kappa shape index (κ1) is 18.6. The molecule has 0 bridgehead atoms. The summed E-state index contributed by atoms with van der Waals surface area (Å²) in [6.45, 7) is 9.26. The van der Waals surface area contributed by atoms with E-state index in [2.05, 4.69) is 38.8 Å². The molecule has 5 heteroatoms. The Kier molecular flexibility index (Phi) is 6.49. The van der Waals surface area contributed by atoms with E-state index in [9.17, 15) is 4.79 Å². The maximum atomic E-state index is 11.9. The second kappa shape index (κ2) is 8.38. The number of nitrogens with zero attached hydrogens (tertiary/aromatic N) is 1. The fourth-order valence-corrected chi connectivity index (χ4v) is 3.40. The summed E-state index contributed by atoms with van der Waals surface area (Å²) >= 11 is 1.47. The van der Waals surface area contributed by atoms with Crippen molar-refractivity contribution >= 4 is 27.9 Å². The van der Waals surface area contributed by atoms with Gasteiger partial charge in [-0.05, 0) is 48.1 Å². The highest BCUT2D eigenvalue weighted by Gasteiger charge is 2.11. The molecule has 2 N–H and O–H groups in total. The number of thioether (sulfide) groups is 1. The Bertz CT molecular complexity index is 794. The molecule has 0 unspecified atom stereocenters. The first-order valence-corrected chi connectivity index (χ1v) is 9.41. The predicted octanol–water partition coefficient (Wildman–Crippen LogP) is 4.57.